The van der Waals surface area contributed by atoms with E-state index < -0.39 is 11.7 Å². The number of halogens is 4. The van der Waals surface area contributed by atoms with Crippen molar-refractivity contribution in [3.63, 3.8) is 0 Å². The zero-order valence-corrected chi connectivity index (χ0v) is 11.4. The summed E-state index contributed by atoms with van der Waals surface area (Å²) in [6.07, 6.45) is -1.47. The van der Waals surface area contributed by atoms with E-state index in [0.717, 1.165) is 24.1 Å². The molecule has 0 heterocycles. The highest BCUT2D eigenvalue weighted by molar-refractivity contribution is 5.80. The van der Waals surface area contributed by atoms with Crippen molar-refractivity contribution in [1.29, 1.82) is 0 Å². The van der Waals surface area contributed by atoms with Crippen molar-refractivity contribution in [2.24, 2.45) is 5.92 Å². The van der Waals surface area contributed by atoms with Crippen LogP contribution in [-0.2, 0) is 6.18 Å². The first-order chi connectivity index (χ1) is 9.30. The summed E-state index contributed by atoms with van der Waals surface area (Å²) in [7, 11) is 0. The minimum atomic E-state index is -4.37. The molecule has 0 bridgehead atoms. The minimum absolute atomic E-state index is 0.173. The predicted octanol–water partition coefficient (Wildman–Crippen LogP) is 5.76. The summed E-state index contributed by atoms with van der Waals surface area (Å²) in [4.78, 5) is 0. The van der Waals surface area contributed by atoms with Crippen LogP contribution in [0.25, 0.3) is 5.57 Å². The number of allylic oxidation sites excluding steroid dienone is 4. The van der Waals surface area contributed by atoms with E-state index in [1.54, 1.807) is 0 Å². The Morgan fingerprint density at radius 3 is 2.15 bits per heavy atom. The van der Waals surface area contributed by atoms with Gasteiger partial charge in [-0.15, -0.1) is 0 Å². The molecular weight excluding hydrogens is 268 g/mol. The summed E-state index contributed by atoms with van der Waals surface area (Å²) in [6, 6.07) is 4.70. The average molecular weight is 284 g/mol. The smallest absolute Gasteiger partial charge is 0.207 e. The second kappa shape index (κ2) is 5.43. The maximum Gasteiger partial charge on any atom is 0.416 e. The van der Waals surface area contributed by atoms with Gasteiger partial charge in [-0.1, -0.05) is 31.6 Å². The second-order valence-corrected chi connectivity index (χ2v) is 5.22. The van der Waals surface area contributed by atoms with Crippen LogP contribution in [0, 0.1) is 5.92 Å². The monoisotopic (exact) mass is 284 g/mol. The topological polar surface area (TPSA) is 0 Å². The van der Waals surface area contributed by atoms with E-state index >= 15 is 0 Å². The largest absolute Gasteiger partial charge is 0.416 e. The molecule has 1 aliphatic rings. The molecule has 0 amide bonds. The molecule has 0 saturated carbocycles. The summed E-state index contributed by atoms with van der Waals surface area (Å²) >= 11 is 0. The SMILES string of the molecule is CC(C)C1=C(c2ccc(C(F)(F)F)cc2)C(F)=CCC1. The van der Waals surface area contributed by atoms with Crippen molar-refractivity contribution < 1.29 is 17.6 Å². The molecule has 0 aliphatic heterocycles. The van der Waals surface area contributed by atoms with Crippen LogP contribution in [0.2, 0.25) is 0 Å². The predicted molar refractivity (Wildman–Crippen MR) is 71.6 cm³/mol. The van der Waals surface area contributed by atoms with Gasteiger partial charge in [-0.05, 0) is 42.5 Å². The highest BCUT2D eigenvalue weighted by Crippen LogP contribution is 2.38. The molecule has 1 aromatic rings. The third-order valence-corrected chi connectivity index (χ3v) is 3.49. The van der Waals surface area contributed by atoms with Crippen LogP contribution >= 0.6 is 0 Å². The van der Waals surface area contributed by atoms with Crippen LogP contribution in [0.1, 0.15) is 37.8 Å². The molecule has 2 rings (SSSR count). The Balaban J connectivity index is 2.46. The average Bonchev–Trinajstić information content (AvgIpc) is 2.37. The molecule has 0 N–H and O–H groups in total. The number of alkyl halides is 3. The number of hydrogen-bond donors (Lipinski definition) is 0. The number of rotatable bonds is 2. The Kier molecular flexibility index (Phi) is 4.02. The van der Waals surface area contributed by atoms with E-state index in [2.05, 4.69) is 0 Å². The van der Waals surface area contributed by atoms with Crippen molar-refractivity contribution in [3.05, 3.63) is 52.9 Å². The molecule has 20 heavy (non-hydrogen) atoms. The van der Waals surface area contributed by atoms with Gasteiger partial charge in [-0.3, -0.25) is 0 Å². The van der Waals surface area contributed by atoms with Crippen LogP contribution in [0.5, 0.6) is 0 Å². The zero-order valence-electron chi connectivity index (χ0n) is 11.4. The standard InChI is InChI=1S/C16H16F4/c1-10(2)13-4-3-5-14(17)15(13)11-6-8-12(9-7-11)16(18,19)20/h5-10H,3-4H2,1-2H3. The van der Waals surface area contributed by atoms with Gasteiger partial charge in [0, 0.05) is 5.57 Å². The summed E-state index contributed by atoms with van der Waals surface area (Å²) in [6.45, 7) is 3.94. The molecule has 0 nitrogen and oxygen atoms in total. The fraction of sp³-hybridized carbons (Fsp3) is 0.375. The van der Waals surface area contributed by atoms with Crippen molar-refractivity contribution in [2.75, 3.05) is 0 Å². The lowest BCUT2D eigenvalue weighted by Crippen LogP contribution is -2.06. The quantitative estimate of drug-likeness (QED) is 0.605. The van der Waals surface area contributed by atoms with Gasteiger partial charge in [-0.25, -0.2) is 4.39 Å². The molecule has 0 atom stereocenters. The Morgan fingerprint density at radius 1 is 1.05 bits per heavy atom. The van der Waals surface area contributed by atoms with Crippen LogP contribution in [0.4, 0.5) is 17.6 Å². The number of hydrogen-bond acceptors (Lipinski definition) is 0. The third-order valence-electron chi connectivity index (χ3n) is 3.49. The first kappa shape index (κ1) is 14.8. The first-order valence-corrected chi connectivity index (χ1v) is 6.57. The van der Waals surface area contributed by atoms with E-state index in [9.17, 15) is 17.6 Å². The van der Waals surface area contributed by atoms with Crippen molar-refractivity contribution >= 4 is 5.57 Å². The van der Waals surface area contributed by atoms with Gasteiger partial charge in [-0.2, -0.15) is 13.2 Å². The molecule has 0 aromatic heterocycles. The molecule has 1 aliphatic carbocycles. The van der Waals surface area contributed by atoms with Crippen LogP contribution in [0.3, 0.4) is 0 Å². The highest BCUT2D eigenvalue weighted by atomic mass is 19.4. The molecule has 1 aromatic carbocycles. The van der Waals surface area contributed by atoms with E-state index in [1.165, 1.54) is 18.2 Å². The van der Waals surface area contributed by atoms with Crippen LogP contribution in [-0.4, -0.2) is 0 Å². The Labute approximate surface area is 115 Å². The molecule has 4 heteroatoms. The zero-order chi connectivity index (χ0) is 14.9. The number of benzene rings is 1. The van der Waals surface area contributed by atoms with Gasteiger partial charge in [0.1, 0.15) is 5.83 Å². The van der Waals surface area contributed by atoms with Crippen molar-refractivity contribution in [1.82, 2.24) is 0 Å². The molecule has 0 spiro atoms. The maximum absolute atomic E-state index is 14.1. The van der Waals surface area contributed by atoms with Gasteiger partial charge in [0.05, 0.1) is 5.56 Å². The highest BCUT2D eigenvalue weighted by Gasteiger charge is 2.30. The Morgan fingerprint density at radius 2 is 1.65 bits per heavy atom. The van der Waals surface area contributed by atoms with E-state index in [1.807, 2.05) is 13.8 Å². The molecule has 0 radical (unpaired) electrons. The summed E-state index contributed by atoms with van der Waals surface area (Å²) in [5, 5.41) is 0. The van der Waals surface area contributed by atoms with Gasteiger partial charge >= 0.3 is 6.18 Å². The molecule has 0 unspecified atom stereocenters. The third kappa shape index (κ3) is 2.94. The molecular formula is C16H16F4. The summed E-state index contributed by atoms with van der Waals surface area (Å²) < 4.78 is 51.7. The molecule has 108 valence electrons. The van der Waals surface area contributed by atoms with Gasteiger partial charge in [0.2, 0.25) is 0 Å². The van der Waals surface area contributed by atoms with E-state index in [0.29, 0.717) is 17.6 Å². The second-order valence-electron chi connectivity index (χ2n) is 5.22. The lowest BCUT2D eigenvalue weighted by molar-refractivity contribution is -0.137. The van der Waals surface area contributed by atoms with Crippen molar-refractivity contribution in [3.8, 4) is 0 Å². The lowest BCUT2D eigenvalue weighted by atomic mass is 9.85. The Bertz CT molecular complexity index is 545. The molecule has 0 fully saturated rings. The van der Waals surface area contributed by atoms with Gasteiger partial charge < -0.3 is 0 Å². The first-order valence-electron chi connectivity index (χ1n) is 6.57. The molecule has 0 saturated heterocycles. The van der Waals surface area contributed by atoms with Crippen LogP contribution in [0.15, 0.2) is 41.7 Å². The van der Waals surface area contributed by atoms with Gasteiger partial charge in [0.15, 0.2) is 0 Å². The minimum Gasteiger partial charge on any atom is -0.207 e. The lowest BCUT2D eigenvalue weighted by Gasteiger charge is -2.21. The van der Waals surface area contributed by atoms with E-state index in [-0.39, 0.29) is 11.7 Å². The van der Waals surface area contributed by atoms with E-state index in [4.69, 9.17) is 0 Å². The Hall–Kier alpha value is -1.58. The van der Waals surface area contributed by atoms with Gasteiger partial charge in [0.25, 0.3) is 0 Å². The van der Waals surface area contributed by atoms with Crippen molar-refractivity contribution in [2.45, 2.75) is 32.9 Å². The van der Waals surface area contributed by atoms with Crippen LogP contribution < -0.4 is 0 Å². The fourth-order valence-electron chi connectivity index (χ4n) is 2.46. The summed E-state index contributed by atoms with van der Waals surface area (Å²) in [5.41, 5.74) is 1.22. The maximum atomic E-state index is 14.1. The normalized spacial score (nSPS) is 16.6. The summed E-state index contributed by atoms with van der Waals surface area (Å²) in [5.74, 6) is -0.161. The fourth-order valence-corrected chi connectivity index (χ4v) is 2.46.